The number of nitrogens with zero attached hydrogens (tertiary/aromatic N) is 3. The van der Waals surface area contributed by atoms with Crippen molar-refractivity contribution >= 4 is 42.2 Å². The van der Waals surface area contributed by atoms with Crippen LogP contribution in [0.5, 0.6) is 5.75 Å². The molecule has 0 amide bonds. The van der Waals surface area contributed by atoms with E-state index < -0.39 is 9.73 Å². The topological polar surface area (TPSA) is 73.7 Å². The van der Waals surface area contributed by atoms with Gasteiger partial charge in [0.05, 0.1) is 30.1 Å². The summed E-state index contributed by atoms with van der Waals surface area (Å²) in [5.74, 6) is 0.145. The highest BCUT2D eigenvalue weighted by molar-refractivity contribution is 9.10. The highest BCUT2D eigenvalue weighted by Gasteiger charge is 2.20. The van der Waals surface area contributed by atoms with Crippen molar-refractivity contribution in [3.8, 4) is 5.75 Å². The van der Waals surface area contributed by atoms with Crippen LogP contribution in [-0.4, -0.2) is 46.0 Å². The molecule has 6 nitrogen and oxygen atoms in total. The molecule has 0 N–H and O–H groups in total. The Bertz CT molecular complexity index is 1210. The molecule has 158 valence electrons. The third-order valence-electron chi connectivity index (χ3n) is 4.65. The predicted octanol–water partition coefficient (Wildman–Crippen LogP) is 4.65. The van der Waals surface area contributed by atoms with Crippen LogP contribution < -0.4 is 4.74 Å². The summed E-state index contributed by atoms with van der Waals surface area (Å²) < 4.78 is 42.3. The molecule has 1 aromatic heterocycles. The number of ether oxygens (including phenoxy) is 2. The predicted molar refractivity (Wildman–Crippen MR) is 118 cm³/mol. The summed E-state index contributed by atoms with van der Waals surface area (Å²) >= 11 is 3.58. The second-order valence-corrected chi connectivity index (χ2v) is 10.8. The van der Waals surface area contributed by atoms with Gasteiger partial charge in [0, 0.05) is 56.6 Å². The Morgan fingerprint density at radius 3 is 2.87 bits per heavy atom. The largest absolute Gasteiger partial charge is 0.488 e. The van der Waals surface area contributed by atoms with Crippen LogP contribution in [-0.2, 0) is 20.9 Å². The zero-order valence-electron chi connectivity index (χ0n) is 16.6. The van der Waals surface area contributed by atoms with Crippen molar-refractivity contribution in [1.82, 2.24) is 9.97 Å². The first kappa shape index (κ1) is 21.1. The SMILES string of the molecule is CS(C)(=O)=Nc1cc(Br)c2c(Cc3ccc(F)cc3O[C@H]3CCOC3)ncnc2c1. The smallest absolute Gasteiger partial charge is 0.126 e. The monoisotopic (exact) mass is 493 g/mol. The molecule has 0 radical (unpaired) electrons. The fourth-order valence-electron chi connectivity index (χ4n) is 3.38. The molecule has 2 heterocycles. The number of aromatic nitrogens is 2. The van der Waals surface area contributed by atoms with Gasteiger partial charge in [-0.3, -0.25) is 0 Å². The number of rotatable bonds is 5. The van der Waals surface area contributed by atoms with Gasteiger partial charge in [-0.1, -0.05) is 6.07 Å². The van der Waals surface area contributed by atoms with Crippen LogP contribution >= 0.6 is 15.9 Å². The van der Waals surface area contributed by atoms with Crippen LogP contribution in [0.25, 0.3) is 10.9 Å². The molecule has 2 aromatic carbocycles. The molecule has 1 atom stereocenters. The average molecular weight is 494 g/mol. The van der Waals surface area contributed by atoms with E-state index in [9.17, 15) is 8.60 Å². The maximum Gasteiger partial charge on any atom is 0.126 e. The fraction of sp³-hybridized carbons (Fsp3) is 0.333. The Labute approximate surface area is 183 Å². The minimum Gasteiger partial charge on any atom is -0.488 e. The van der Waals surface area contributed by atoms with E-state index in [4.69, 9.17) is 9.47 Å². The van der Waals surface area contributed by atoms with Crippen LogP contribution in [0.1, 0.15) is 17.7 Å². The molecule has 1 aliphatic heterocycles. The van der Waals surface area contributed by atoms with Crippen molar-refractivity contribution in [2.24, 2.45) is 4.36 Å². The second-order valence-electron chi connectivity index (χ2n) is 7.45. The highest BCUT2D eigenvalue weighted by Crippen LogP contribution is 2.33. The molecule has 1 fully saturated rings. The van der Waals surface area contributed by atoms with E-state index in [-0.39, 0.29) is 11.9 Å². The van der Waals surface area contributed by atoms with Gasteiger partial charge in [-0.2, -0.15) is 4.36 Å². The number of halogens is 2. The van der Waals surface area contributed by atoms with Crippen molar-refractivity contribution in [1.29, 1.82) is 0 Å². The lowest BCUT2D eigenvalue weighted by atomic mass is 10.0. The van der Waals surface area contributed by atoms with E-state index in [1.165, 1.54) is 18.5 Å². The first-order valence-electron chi connectivity index (χ1n) is 9.41. The van der Waals surface area contributed by atoms with Gasteiger partial charge >= 0.3 is 0 Å². The van der Waals surface area contributed by atoms with Crippen molar-refractivity contribution in [2.75, 3.05) is 25.7 Å². The maximum absolute atomic E-state index is 13.9. The Balaban J connectivity index is 1.73. The first-order valence-corrected chi connectivity index (χ1v) is 12.5. The van der Waals surface area contributed by atoms with Crippen molar-refractivity contribution in [2.45, 2.75) is 18.9 Å². The molecule has 30 heavy (non-hydrogen) atoms. The van der Waals surface area contributed by atoms with Crippen molar-refractivity contribution < 1.29 is 18.1 Å². The molecule has 1 aliphatic rings. The number of hydrogen-bond acceptors (Lipinski definition) is 6. The van der Waals surface area contributed by atoms with Crippen molar-refractivity contribution in [3.63, 3.8) is 0 Å². The van der Waals surface area contributed by atoms with E-state index in [0.717, 1.165) is 27.5 Å². The summed E-state index contributed by atoms with van der Waals surface area (Å²) in [7, 11) is -2.29. The lowest BCUT2D eigenvalue weighted by Gasteiger charge is -2.16. The molecule has 0 aliphatic carbocycles. The summed E-state index contributed by atoms with van der Waals surface area (Å²) in [5.41, 5.74) is 2.87. The zero-order chi connectivity index (χ0) is 21.3. The fourth-order valence-corrected chi connectivity index (χ4v) is 4.66. The normalized spacial score (nSPS) is 16.7. The van der Waals surface area contributed by atoms with Crippen LogP contribution in [0.2, 0.25) is 0 Å². The van der Waals surface area contributed by atoms with Crippen LogP contribution in [0.15, 0.2) is 45.5 Å². The van der Waals surface area contributed by atoms with Gasteiger partial charge < -0.3 is 9.47 Å². The van der Waals surface area contributed by atoms with Gasteiger partial charge in [0.15, 0.2) is 0 Å². The minimum atomic E-state index is -2.29. The van der Waals surface area contributed by atoms with E-state index in [1.54, 1.807) is 30.7 Å². The molecular formula is C21H21BrFN3O3S. The molecule has 0 unspecified atom stereocenters. The maximum atomic E-state index is 13.9. The quantitative estimate of drug-likeness (QED) is 0.517. The van der Waals surface area contributed by atoms with Gasteiger partial charge in [0.1, 0.15) is 24.0 Å². The second kappa shape index (κ2) is 8.56. The lowest BCUT2D eigenvalue weighted by Crippen LogP contribution is -2.17. The van der Waals surface area contributed by atoms with E-state index in [2.05, 4.69) is 30.3 Å². The number of hydrogen-bond donors (Lipinski definition) is 0. The number of fused-ring (bicyclic) bond motifs is 1. The number of benzene rings is 2. The molecule has 4 rings (SSSR count). The standard InChI is InChI=1S/C21H21BrFN3O3S/c1-30(2,27)26-15-9-17(22)21-18(24-12-25-19(21)10-15)7-13-3-4-14(23)8-20(13)29-16-5-6-28-11-16/h3-4,8-10,12,16H,5-7,11H2,1-2H3/t16-/m0/s1. The van der Waals surface area contributed by atoms with E-state index >= 15 is 0 Å². The van der Waals surface area contributed by atoms with E-state index in [1.807, 2.05) is 0 Å². The summed E-state index contributed by atoms with van der Waals surface area (Å²) in [5, 5.41) is 0.828. The Kier molecular flexibility index (Phi) is 6.04. The van der Waals surface area contributed by atoms with Crippen molar-refractivity contribution in [3.05, 3.63) is 58.2 Å². The molecular weight excluding hydrogens is 473 g/mol. The molecule has 0 spiro atoms. The first-order chi connectivity index (χ1) is 14.3. The third-order valence-corrected chi connectivity index (χ3v) is 5.92. The zero-order valence-corrected chi connectivity index (χ0v) is 19.0. The molecule has 9 heteroatoms. The Morgan fingerprint density at radius 1 is 1.30 bits per heavy atom. The Hall–Kier alpha value is -2.10. The minimum absolute atomic E-state index is 0.0819. The van der Waals surface area contributed by atoms with Gasteiger partial charge in [-0.05, 0) is 34.1 Å². The van der Waals surface area contributed by atoms with E-state index in [0.29, 0.717) is 36.6 Å². The highest BCUT2D eigenvalue weighted by atomic mass is 79.9. The van der Waals surface area contributed by atoms with Gasteiger partial charge in [-0.25, -0.2) is 18.6 Å². The van der Waals surface area contributed by atoms with Crippen LogP contribution in [0, 0.1) is 5.82 Å². The summed E-state index contributed by atoms with van der Waals surface area (Å²) in [6, 6.07) is 8.13. The van der Waals surface area contributed by atoms with Gasteiger partial charge in [-0.15, -0.1) is 0 Å². The molecule has 3 aromatic rings. The van der Waals surface area contributed by atoms with Crippen LogP contribution in [0.3, 0.4) is 0 Å². The van der Waals surface area contributed by atoms with Gasteiger partial charge in [0.25, 0.3) is 0 Å². The lowest BCUT2D eigenvalue weighted by molar-refractivity contribution is 0.140. The summed E-state index contributed by atoms with van der Waals surface area (Å²) in [6.45, 7) is 1.15. The third kappa shape index (κ3) is 4.96. The Morgan fingerprint density at radius 2 is 2.13 bits per heavy atom. The summed E-state index contributed by atoms with van der Waals surface area (Å²) in [6.07, 6.45) is 5.79. The molecule has 1 saturated heterocycles. The van der Waals surface area contributed by atoms with Crippen LogP contribution in [0.4, 0.5) is 10.1 Å². The average Bonchev–Trinajstić information content (AvgIpc) is 3.15. The van der Waals surface area contributed by atoms with Gasteiger partial charge in [0.2, 0.25) is 0 Å². The summed E-state index contributed by atoms with van der Waals surface area (Å²) in [4.78, 5) is 8.81. The molecule has 0 saturated carbocycles. The molecule has 0 bridgehead atoms.